The summed E-state index contributed by atoms with van der Waals surface area (Å²) in [5.41, 5.74) is 2.00. The fraction of sp³-hybridized carbons (Fsp3) is 0.562. The molecule has 0 N–H and O–H groups in total. The third kappa shape index (κ3) is 3.82. The van der Waals surface area contributed by atoms with E-state index in [1.807, 2.05) is 36.2 Å². The molecule has 0 aromatic heterocycles. The van der Waals surface area contributed by atoms with Gasteiger partial charge in [0, 0.05) is 24.0 Å². The van der Waals surface area contributed by atoms with Crippen molar-refractivity contribution in [1.29, 1.82) is 0 Å². The molecule has 0 saturated heterocycles. The van der Waals surface area contributed by atoms with E-state index in [-0.39, 0.29) is 5.91 Å². The van der Waals surface area contributed by atoms with Gasteiger partial charge in [0.15, 0.2) is 0 Å². The summed E-state index contributed by atoms with van der Waals surface area (Å²) in [5.74, 6) is 0.160. The third-order valence-corrected chi connectivity index (χ3v) is 4.70. The average Bonchev–Trinajstić information content (AvgIpc) is 2.75. The molecular weight excluding hydrogens is 302 g/mol. The SMILES string of the molecule is CN(C(=O)c1ccc(CBr)cc1)C1CCCCCC1. The number of amides is 1. The van der Waals surface area contributed by atoms with Crippen molar-refractivity contribution < 1.29 is 4.79 Å². The van der Waals surface area contributed by atoms with E-state index in [0.717, 1.165) is 23.7 Å². The van der Waals surface area contributed by atoms with Crippen LogP contribution in [0.25, 0.3) is 0 Å². The van der Waals surface area contributed by atoms with Crippen LogP contribution in [0.15, 0.2) is 24.3 Å². The zero-order chi connectivity index (χ0) is 13.7. The minimum Gasteiger partial charge on any atom is -0.339 e. The van der Waals surface area contributed by atoms with Crippen molar-refractivity contribution in [2.75, 3.05) is 7.05 Å². The van der Waals surface area contributed by atoms with E-state index in [1.165, 1.54) is 31.2 Å². The maximum Gasteiger partial charge on any atom is 0.253 e. The van der Waals surface area contributed by atoms with Crippen LogP contribution in [0.4, 0.5) is 0 Å². The van der Waals surface area contributed by atoms with Crippen molar-refractivity contribution in [3.63, 3.8) is 0 Å². The van der Waals surface area contributed by atoms with Crippen molar-refractivity contribution in [2.24, 2.45) is 0 Å². The Labute approximate surface area is 124 Å². The summed E-state index contributed by atoms with van der Waals surface area (Å²) in [6.45, 7) is 0. The summed E-state index contributed by atoms with van der Waals surface area (Å²) in [5, 5.41) is 0.833. The van der Waals surface area contributed by atoms with Gasteiger partial charge in [-0.15, -0.1) is 0 Å². The number of hydrogen-bond acceptors (Lipinski definition) is 1. The highest BCUT2D eigenvalue weighted by Gasteiger charge is 2.21. The summed E-state index contributed by atoms with van der Waals surface area (Å²) >= 11 is 3.42. The minimum absolute atomic E-state index is 0.160. The summed E-state index contributed by atoms with van der Waals surface area (Å²) in [6.07, 6.45) is 7.45. The maximum absolute atomic E-state index is 12.5. The van der Waals surface area contributed by atoms with Crippen molar-refractivity contribution in [3.8, 4) is 0 Å². The smallest absolute Gasteiger partial charge is 0.253 e. The Hall–Kier alpha value is -0.830. The fourth-order valence-corrected chi connectivity index (χ4v) is 3.12. The van der Waals surface area contributed by atoms with Crippen LogP contribution in [-0.2, 0) is 5.33 Å². The second-order valence-electron chi connectivity index (χ2n) is 5.39. The Morgan fingerprint density at radius 3 is 2.26 bits per heavy atom. The lowest BCUT2D eigenvalue weighted by Gasteiger charge is -2.27. The van der Waals surface area contributed by atoms with Gasteiger partial charge in [0.1, 0.15) is 0 Å². The predicted molar refractivity (Wildman–Crippen MR) is 82.7 cm³/mol. The fourth-order valence-electron chi connectivity index (χ4n) is 2.75. The number of rotatable bonds is 3. The zero-order valence-corrected chi connectivity index (χ0v) is 13.2. The topological polar surface area (TPSA) is 20.3 Å². The van der Waals surface area contributed by atoms with Gasteiger partial charge in [-0.3, -0.25) is 4.79 Å². The molecule has 1 fully saturated rings. The van der Waals surface area contributed by atoms with Gasteiger partial charge in [0.05, 0.1) is 0 Å². The van der Waals surface area contributed by atoms with Gasteiger partial charge < -0.3 is 4.90 Å². The quantitative estimate of drug-likeness (QED) is 0.597. The normalized spacial score (nSPS) is 16.9. The van der Waals surface area contributed by atoms with E-state index in [2.05, 4.69) is 15.9 Å². The van der Waals surface area contributed by atoms with Gasteiger partial charge in [-0.05, 0) is 30.5 Å². The Kier molecular flexibility index (Phi) is 5.44. The van der Waals surface area contributed by atoms with Crippen molar-refractivity contribution >= 4 is 21.8 Å². The molecular formula is C16H22BrNO. The average molecular weight is 324 g/mol. The first-order valence-electron chi connectivity index (χ1n) is 7.14. The van der Waals surface area contributed by atoms with Gasteiger partial charge in [0.2, 0.25) is 0 Å². The molecule has 1 aliphatic rings. The Bertz CT molecular complexity index is 407. The monoisotopic (exact) mass is 323 g/mol. The minimum atomic E-state index is 0.160. The van der Waals surface area contributed by atoms with E-state index < -0.39 is 0 Å². The van der Waals surface area contributed by atoms with E-state index in [1.54, 1.807) is 0 Å². The largest absolute Gasteiger partial charge is 0.339 e. The van der Waals surface area contributed by atoms with Crippen LogP contribution in [0.3, 0.4) is 0 Å². The Morgan fingerprint density at radius 1 is 1.16 bits per heavy atom. The number of carbonyl (C=O) groups is 1. The Balaban J connectivity index is 2.04. The summed E-state index contributed by atoms with van der Waals surface area (Å²) in [6, 6.07) is 8.33. The molecule has 1 aromatic carbocycles. The molecule has 104 valence electrons. The van der Waals surface area contributed by atoms with Gasteiger partial charge in [-0.1, -0.05) is 53.7 Å². The van der Waals surface area contributed by atoms with Gasteiger partial charge in [-0.2, -0.15) is 0 Å². The molecule has 0 aliphatic heterocycles. The molecule has 2 nitrogen and oxygen atoms in total. The molecule has 2 rings (SSSR count). The van der Waals surface area contributed by atoms with E-state index in [9.17, 15) is 4.79 Å². The molecule has 1 saturated carbocycles. The molecule has 0 radical (unpaired) electrons. The van der Waals surface area contributed by atoms with Crippen LogP contribution in [0.1, 0.15) is 54.4 Å². The second kappa shape index (κ2) is 7.09. The first-order valence-corrected chi connectivity index (χ1v) is 8.26. The Morgan fingerprint density at radius 2 is 1.74 bits per heavy atom. The van der Waals surface area contributed by atoms with Gasteiger partial charge >= 0.3 is 0 Å². The molecule has 19 heavy (non-hydrogen) atoms. The molecule has 0 atom stereocenters. The lowest BCUT2D eigenvalue weighted by Crippen LogP contribution is -2.36. The van der Waals surface area contributed by atoms with Crippen LogP contribution in [0.2, 0.25) is 0 Å². The summed E-state index contributed by atoms with van der Waals surface area (Å²) in [7, 11) is 1.96. The molecule has 0 spiro atoms. The highest BCUT2D eigenvalue weighted by Crippen LogP contribution is 2.22. The summed E-state index contributed by atoms with van der Waals surface area (Å²) < 4.78 is 0. The van der Waals surface area contributed by atoms with Crippen molar-refractivity contribution in [2.45, 2.75) is 49.9 Å². The second-order valence-corrected chi connectivity index (χ2v) is 5.95. The molecule has 0 bridgehead atoms. The molecule has 0 unspecified atom stereocenters. The maximum atomic E-state index is 12.5. The first-order chi connectivity index (χ1) is 9.22. The third-order valence-electron chi connectivity index (χ3n) is 4.05. The number of benzene rings is 1. The lowest BCUT2D eigenvalue weighted by molar-refractivity contribution is 0.0717. The lowest BCUT2D eigenvalue weighted by atomic mass is 10.1. The van der Waals surface area contributed by atoms with Crippen LogP contribution < -0.4 is 0 Å². The first kappa shape index (κ1) is 14.6. The number of nitrogens with zero attached hydrogens (tertiary/aromatic N) is 1. The van der Waals surface area contributed by atoms with Crippen LogP contribution in [-0.4, -0.2) is 23.9 Å². The highest BCUT2D eigenvalue weighted by atomic mass is 79.9. The van der Waals surface area contributed by atoms with E-state index >= 15 is 0 Å². The number of hydrogen-bond donors (Lipinski definition) is 0. The van der Waals surface area contributed by atoms with Crippen molar-refractivity contribution in [3.05, 3.63) is 35.4 Å². The number of carbonyl (C=O) groups excluding carboxylic acids is 1. The number of alkyl halides is 1. The zero-order valence-electron chi connectivity index (χ0n) is 11.6. The molecule has 1 aliphatic carbocycles. The standard InChI is InChI=1S/C16H22BrNO/c1-18(15-6-4-2-3-5-7-15)16(19)14-10-8-13(12-17)9-11-14/h8-11,15H,2-7,12H2,1H3. The predicted octanol–water partition coefficient (Wildman–Crippen LogP) is 4.38. The molecule has 0 heterocycles. The highest BCUT2D eigenvalue weighted by molar-refractivity contribution is 9.08. The summed E-state index contributed by atoms with van der Waals surface area (Å²) in [4.78, 5) is 14.4. The van der Waals surface area contributed by atoms with E-state index in [0.29, 0.717) is 6.04 Å². The van der Waals surface area contributed by atoms with Crippen LogP contribution >= 0.6 is 15.9 Å². The van der Waals surface area contributed by atoms with Gasteiger partial charge in [0.25, 0.3) is 5.91 Å². The molecule has 1 aromatic rings. The molecule has 3 heteroatoms. The van der Waals surface area contributed by atoms with Crippen LogP contribution in [0.5, 0.6) is 0 Å². The van der Waals surface area contributed by atoms with Crippen molar-refractivity contribution in [1.82, 2.24) is 4.90 Å². The van der Waals surface area contributed by atoms with Gasteiger partial charge in [-0.25, -0.2) is 0 Å². The number of halogens is 1. The van der Waals surface area contributed by atoms with Crippen LogP contribution in [0, 0.1) is 0 Å². The molecule has 1 amide bonds. The van der Waals surface area contributed by atoms with E-state index in [4.69, 9.17) is 0 Å².